The van der Waals surface area contributed by atoms with Crippen LogP contribution in [0.4, 0.5) is 0 Å². The summed E-state index contributed by atoms with van der Waals surface area (Å²) in [5.74, 6) is 0.511. The lowest BCUT2D eigenvalue weighted by atomic mass is 10.2. The van der Waals surface area contributed by atoms with Crippen molar-refractivity contribution in [2.24, 2.45) is 0 Å². The number of fused-ring (bicyclic) bond motifs is 1. The molecule has 2 aromatic heterocycles. The third-order valence-corrected chi connectivity index (χ3v) is 2.87. The molecule has 5 heteroatoms. The SMILES string of the molecule is COc1nc2nc(C)cc(Cl)c2cc1Br. The van der Waals surface area contributed by atoms with E-state index in [1.54, 1.807) is 7.11 Å². The molecule has 0 radical (unpaired) electrons. The number of aromatic nitrogens is 2. The summed E-state index contributed by atoms with van der Waals surface area (Å²) < 4.78 is 5.86. The van der Waals surface area contributed by atoms with E-state index in [4.69, 9.17) is 16.3 Å². The van der Waals surface area contributed by atoms with Gasteiger partial charge in [0.15, 0.2) is 5.65 Å². The number of pyridine rings is 2. The summed E-state index contributed by atoms with van der Waals surface area (Å²) in [5.41, 5.74) is 1.43. The number of nitrogens with zero attached hydrogens (tertiary/aromatic N) is 2. The minimum atomic E-state index is 0.511. The van der Waals surface area contributed by atoms with Crippen LogP contribution in [0.15, 0.2) is 16.6 Å². The Morgan fingerprint density at radius 3 is 2.73 bits per heavy atom. The van der Waals surface area contributed by atoms with Gasteiger partial charge in [-0.15, -0.1) is 0 Å². The summed E-state index contributed by atoms with van der Waals surface area (Å²) >= 11 is 9.44. The molecule has 0 saturated carbocycles. The number of methoxy groups -OCH3 is 1. The molecular weight excluding hydrogens is 279 g/mol. The highest BCUT2D eigenvalue weighted by Crippen LogP contribution is 2.30. The summed E-state index contributed by atoms with van der Waals surface area (Å²) in [4.78, 5) is 8.54. The van der Waals surface area contributed by atoms with Gasteiger partial charge in [-0.05, 0) is 35.0 Å². The molecule has 2 aromatic rings. The Morgan fingerprint density at radius 1 is 1.33 bits per heavy atom. The molecule has 0 atom stereocenters. The molecule has 78 valence electrons. The first-order valence-corrected chi connectivity index (χ1v) is 5.46. The van der Waals surface area contributed by atoms with Crippen LogP contribution in [0.1, 0.15) is 5.69 Å². The summed E-state index contributed by atoms with van der Waals surface area (Å²) in [6.45, 7) is 1.88. The lowest BCUT2D eigenvalue weighted by molar-refractivity contribution is 0.396. The van der Waals surface area contributed by atoms with E-state index < -0.39 is 0 Å². The Balaban J connectivity index is 2.81. The van der Waals surface area contributed by atoms with Gasteiger partial charge in [0.25, 0.3) is 0 Å². The first kappa shape index (κ1) is 10.6. The Bertz CT molecular complexity index is 530. The van der Waals surface area contributed by atoms with Gasteiger partial charge in [0.2, 0.25) is 5.88 Å². The van der Waals surface area contributed by atoms with Gasteiger partial charge in [-0.1, -0.05) is 11.6 Å². The van der Waals surface area contributed by atoms with E-state index in [1.165, 1.54) is 0 Å². The summed E-state index contributed by atoms with van der Waals surface area (Å²) in [6, 6.07) is 3.67. The average Bonchev–Trinajstić information content (AvgIpc) is 2.18. The second kappa shape index (κ2) is 3.94. The van der Waals surface area contributed by atoms with Crippen molar-refractivity contribution in [3.63, 3.8) is 0 Å². The standard InChI is InChI=1S/C10H8BrClN2O/c1-5-3-8(12)6-4-7(11)10(15-2)14-9(6)13-5/h3-4H,1-2H3. The number of hydrogen-bond donors (Lipinski definition) is 0. The van der Waals surface area contributed by atoms with E-state index in [-0.39, 0.29) is 0 Å². The Kier molecular flexibility index (Phi) is 2.80. The lowest BCUT2D eigenvalue weighted by Gasteiger charge is -2.05. The maximum absolute atomic E-state index is 6.09. The number of ether oxygens (including phenoxy) is 1. The van der Waals surface area contributed by atoms with Gasteiger partial charge in [0.1, 0.15) is 0 Å². The topological polar surface area (TPSA) is 35.0 Å². The Hall–Kier alpha value is -0.870. The molecule has 15 heavy (non-hydrogen) atoms. The molecule has 0 fully saturated rings. The third-order valence-electron chi connectivity index (χ3n) is 1.99. The molecule has 0 aliphatic heterocycles. The Labute approximate surface area is 101 Å². The van der Waals surface area contributed by atoms with Crippen LogP contribution >= 0.6 is 27.5 Å². The van der Waals surface area contributed by atoms with Crippen molar-refractivity contribution >= 4 is 38.6 Å². The molecule has 2 rings (SSSR count). The maximum atomic E-state index is 6.09. The van der Waals surface area contributed by atoms with Gasteiger partial charge in [-0.2, -0.15) is 4.98 Å². The quantitative estimate of drug-likeness (QED) is 0.806. The van der Waals surface area contributed by atoms with Crippen LogP contribution in [0.25, 0.3) is 11.0 Å². The van der Waals surface area contributed by atoms with Crippen molar-refractivity contribution in [2.45, 2.75) is 6.92 Å². The molecule has 0 aliphatic carbocycles. The molecule has 0 amide bonds. The highest BCUT2D eigenvalue weighted by atomic mass is 79.9. The van der Waals surface area contributed by atoms with Crippen LogP contribution in [-0.2, 0) is 0 Å². The largest absolute Gasteiger partial charge is 0.480 e. The predicted molar refractivity (Wildman–Crippen MR) is 63.5 cm³/mol. The van der Waals surface area contributed by atoms with Crippen LogP contribution in [0, 0.1) is 6.92 Å². The van der Waals surface area contributed by atoms with E-state index in [1.807, 2.05) is 19.1 Å². The van der Waals surface area contributed by atoms with Crippen LogP contribution in [0.3, 0.4) is 0 Å². The van der Waals surface area contributed by atoms with Gasteiger partial charge >= 0.3 is 0 Å². The van der Waals surface area contributed by atoms with E-state index >= 15 is 0 Å². The fourth-order valence-corrected chi connectivity index (χ4v) is 2.10. The lowest BCUT2D eigenvalue weighted by Crippen LogP contribution is -1.93. The molecule has 0 saturated heterocycles. The van der Waals surface area contributed by atoms with Gasteiger partial charge in [0, 0.05) is 11.1 Å². The van der Waals surface area contributed by atoms with Gasteiger partial charge in [-0.25, -0.2) is 4.98 Å². The fourth-order valence-electron chi connectivity index (χ4n) is 1.33. The van der Waals surface area contributed by atoms with Crippen LogP contribution in [0.2, 0.25) is 5.02 Å². The zero-order valence-electron chi connectivity index (χ0n) is 8.21. The molecule has 0 spiro atoms. The summed E-state index contributed by atoms with van der Waals surface area (Å²) in [7, 11) is 1.57. The van der Waals surface area contributed by atoms with Crippen LogP contribution in [0.5, 0.6) is 5.88 Å². The second-order valence-electron chi connectivity index (χ2n) is 3.10. The Morgan fingerprint density at radius 2 is 2.07 bits per heavy atom. The van der Waals surface area contributed by atoms with Gasteiger partial charge in [-0.3, -0.25) is 0 Å². The fraction of sp³-hybridized carbons (Fsp3) is 0.200. The molecule has 0 aliphatic rings. The molecular formula is C10H8BrClN2O. The number of rotatable bonds is 1. The summed E-state index contributed by atoms with van der Waals surface area (Å²) in [6.07, 6.45) is 0. The van der Waals surface area contributed by atoms with Crippen molar-refractivity contribution in [3.05, 3.63) is 27.3 Å². The van der Waals surface area contributed by atoms with Gasteiger partial charge in [0.05, 0.1) is 16.6 Å². The highest BCUT2D eigenvalue weighted by molar-refractivity contribution is 9.10. The maximum Gasteiger partial charge on any atom is 0.229 e. The minimum absolute atomic E-state index is 0.511. The highest BCUT2D eigenvalue weighted by Gasteiger charge is 2.08. The van der Waals surface area contributed by atoms with Crippen LogP contribution in [-0.4, -0.2) is 17.1 Å². The predicted octanol–water partition coefficient (Wildman–Crippen LogP) is 3.36. The van der Waals surface area contributed by atoms with E-state index in [2.05, 4.69) is 25.9 Å². The molecule has 0 N–H and O–H groups in total. The molecule has 0 bridgehead atoms. The summed E-state index contributed by atoms with van der Waals surface area (Å²) in [5, 5.41) is 1.46. The zero-order valence-corrected chi connectivity index (χ0v) is 10.6. The van der Waals surface area contributed by atoms with Crippen LogP contribution < -0.4 is 4.74 Å². The van der Waals surface area contributed by atoms with E-state index in [9.17, 15) is 0 Å². The first-order valence-electron chi connectivity index (χ1n) is 4.29. The normalized spacial score (nSPS) is 10.7. The second-order valence-corrected chi connectivity index (χ2v) is 4.36. The van der Waals surface area contributed by atoms with Crippen molar-refractivity contribution in [3.8, 4) is 5.88 Å². The number of hydrogen-bond acceptors (Lipinski definition) is 3. The average molecular weight is 288 g/mol. The smallest absolute Gasteiger partial charge is 0.229 e. The van der Waals surface area contributed by atoms with Gasteiger partial charge < -0.3 is 4.74 Å². The minimum Gasteiger partial charge on any atom is -0.480 e. The van der Waals surface area contributed by atoms with Crippen molar-refractivity contribution < 1.29 is 4.74 Å². The first-order chi connectivity index (χ1) is 7.11. The van der Waals surface area contributed by atoms with E-state index in [0.29, 0.717) is 16.5 Å². The van der Waals surface area contributed by atoms with E-state index in [0.717, 1.165) is 15.6 Å². The molecule has 2 heterocycles. The molecule has 0 aromatic carbocycles. The molecule has 0 unspecified atom stereocenters. The third kappa shape index (κ3) is 1.92. The zero-order chi connectivity index (χ0) is 11.0. The number of halogens is 2. The van der Waals surface area contributed by atoms with Crippen molar-refractivity contribution in [1.29, 1.82) is 0 Å². The van der Waals surface area contributed by atoms with Crippen molar-refractivity contribution in [2.75, 3.05) is 7.11 Å². The monoisotopic (exact) mass is 286 g/mol. The number of aryl methyl sites for hydroxylation is 1. The van der Waals surface area contributed by atoms with Crippen molar-refractivity contribution in [1.82, 2.24) is 9.97 Å². The molecule has 3 nitrogen and oxygen atoms in total.